The standard InChI is InChI=1S/C11H18N4O/c1-15-8-9(13-14-15)6-10(16)7-11(12)4-2-3-5-11/h8H,2-7,12H2,1H3. The molecule has 0 aromatic carbocycles. The van der Waals surface area contributed by atoms with Gasteiger partial charge in [-0.05, 0) is 12.8 Å². The molecule has 0 aliphatic heterocycles. The van der Waals surface area contributed by atoms with Crippen molar-refractivity contribution in [3.8, 4) is 0 Å². The number of carbonyl (C=O) groups is 1. The van der Waals surface area contributed by atoms with Crippen LogP contribution in [0.15, 0.2) is 6.20 Å². The first-order chi connectivity index (χ1) is 7.57. The van der Waals surface area contributed by atoms with Crippen molar-refractivity contribution in [2.24, 2.45) is 12.8 Å². The summed E-state index contributed by atoms with van der Waals surface area (Å²) in [5, 5.41) is 7.71. The van der Waals surface area contributed by atoms with Crippen LogP contribution in [0.25, 0.3) is 0 Å². The van der Waals surface area contributed by atoms with Crippen LogP contribution in [-0.2, 0) is 18.3 Å². The molecule has 1 aliphatic rings. The van der Waals surface area contributed by atoms with Gasteiger partial charge in [0.15, 0.2) is 0 Å². The molecule has 2 rings (SSSR count). The average Bonchev–Trinajstić information content (AvgIpc) is 2.75. The third-order valence-electron chi connectivity index (χ3n) is 3.18. The first-order valence-electron chi connectivity index (χ1n) is 5.73. The van der Waals surface area contributed by atoms with Crippen LogP contribution in [0.2, 0.25) is 0 Å². The summed E-state index contributed by atoms with van der Waals surface area (Å²) in [5.74, 6) is 0.171. The normalized spacial score (nSPS) is 18.9. The predicted molar refractivity (Wildman–Crippen MR) is 59.7 cm³/mol. The van der Waals surface area contributed by atoms with E-state index in [9.17, 15) is 4.79 Å². The molecule has 0 bridgehead atoms. The Hall–Kier alpha value is -1.23. The first kappa shape index (κ1) is 11.3. The second-order valence-corrected chi connectivity index (χ2v) is 4.85. The van der Waals surface area contributed by atoms with Crippen molar-refractivity contribution < 1.29 is 4.79 Å². The minimum atomic E-state index is -0.251. The van der Waals surface area contributed by atoms with E-state index in [-0.39, 0.29) is 11.3 Å². The van der Waals surface area contributed by atoms with Crippen molar-refractivity contribution in [2.45, 2.75) is 44.1 Å². The van der Waals surface area contributed by atoms with E-state index in [1.54, 1.807) is 17.9 Å². The number of hydrogen-bond donors (Lipinski definition) is 1. The van der Waals surface area contributed by atoms with Gasteiger partial charge in [-0.2, -0.15) is 0 Å². The number of Topliss-reactive ketones (excluding diaryl/α,β-unsaturated/α-hetero) is 1. The summed E-state index contributed by atoms with van der Waals surface area (Å²) in [7, 11) is 1.79. The highest BCUT2D eigenvalue weighted by atomic mass is 16.1. The topological polar surface area (TPSA) is 73.8 Å². The van der Waals surface area contributed by atoms with Crippen LogP contribution in [0.1, 0.15) is 37.8 Å². The zero-order valence-corrected chi connectivity index (χ0v) is 9.65. The highest BCUT2D eigenvalue weighted by molar-refractivity contribution is 5.81. The molecule has 0 saturated heterocycles. The highest BCUT2D eigenvalue weighted by Crippen LogP contribution is 2.30. The fraction of sp³-hybridized carbons (Fsp3) is 0.727. The van der Waals surface area contributed by atoms with Crippen molar-refractivity contribution >= 4 is 5.78 Å². The lowest BCUT2D eigenvalue weighted by Crippen LogP contribution is -2.39. The molecule has 5 nitrogen and oxygen atoms in total. The summed E-state index contributed by atoms with van der Waals surface area (Å²) < 4.78 is 1.61. The van der Waals surface area contributed by atoms with Crippen LogP contribution < -0.4 is 5.73 Å². The average molecular weight is 222 g/mol. The zero-order valence-electron chi connectivity index (χ0n) is 9.65. The maximum Gasteiger partial charge on any atom is 0.140 e. The molecule has 2 N–H and O–H groups in total. The van der Waals surface area contributed by atoms with Crippen LogP contribution in [-0.4, -0.2) is 26.3 Å². The number of carbonyl (C=O) groups excluding carboxylic acids is 1. The first-order valence-corrected chi connectivity index (χ1v) is 5.73. The van der Waals surface area contributed by atoms with E-state index in [0.29, 0.717) is 12.8 Å². The van der Waals surface area contributed by atoms with E-state index in [1.807, 2.05) is 0 Å². The third-order valence-corrected chi connectivity index (χ3v) is 3.18. The lowest BCUT2D eigenvalue weighted by atomic mass is 9.91. The van der Waals surface area contributed by atoms with Gasteiger partial charge in [-0.15, -0.1) is 5.10 Å². The maximum absolute atomic E-state index is 11.8. The van der Waals surface area contributed by atoms with Gasteiger partial charge in [-0.3, -0.25) is 9.48 Å². The number of aromatic nitrogens is 3. The minimum absolute atomic E-state index is 0.171. The minimum Gasteiger partial charge on any atom is -0.325 e. The van der Waals surface area contributed by atoms with Crippen LogP contribution in [0.5, 0.6) is 0 Å². The Bertz CT molecular complexity index is 379. The number of rotatable bonds is 4. The van der Waals surface area contributed by atoms with Gasteiger partial charge in [-0.25, -0.2) is 0 Å². The second-order valence-electron chi connectivity index (χ2n) is 4.85. The Labute approximate surface area is 95.0 Å². The molecule has 0 radical (unpaired) electrons. The number of nitrogens with two attached hydrogens (primary N) is 1. The molecule has 5 heteroatoms. The van der Waals surface area contributed by atoms with E-state index >= 15 is 0 Å². The smallest absolute Gasteiger partial charge is 0.140 e. The lowest BCUT2D eigenvalue weighted by Gasteiger charge is -2.21. The molecule has 88 valence electrons. The van der Waals surface area contributed by atoms with Crippen LogP contribution >= 0.6 is 0 Å². The largest absolute Gasteiger partial charge is 0.325 e. The van der Waals surface area contributed by atoms with E-state index in [4.69, 9.17) is 5.73 Å². The SMILES string of the molecule is Cn1cc(CC(=O)CC2(N)CCCC2)nn1. The zero-order chi connectivity index (χ0) is 11.6. The Morgan fingerprint density at radius 3 is 2.81 bits per heavy atom. The molecule has 1 saturated carbocycles. The van der Waals surface area contributed by atoms with Gasteiger partial charge in [0.25, 0.3) is 0 Å². The third kappa shape index (κ3) is 2.66. The van der Waals surface area contributed by atoms with Gasteiger partial charge in [0.2, 0.25) is 0 Å². The van der Waals surface area contributed by atoms with Gasteiger partial charge in [-0.1, -0.05) is 18.1 Å². The monoisotopic (exact) mass is 222 g/mol. The molecule has 0 atom stereocenters. The van der Waals surface area contributed by atoms with E-state index in [2.05, 4.69) is 10.3 Å². The maximum atomic E-state index is 11.8. The van der Waals surface area contributed by atoms with Crippen molar-refractivity contribution in [3.05, 3.63) is 11.9 Å². The van der Waals surface area contributed by atoms with Crippen molar-refractivity contribution in [2.75, 3.05) is 0 Å². The Kier molecular flexibility index (Phi) is 3.05. The summed E-state index contributed by atoms with van der Waals surface area (Å²) in [4.78, 5) is 11.8. The summed E-state index contributed by atoms with van der Waals surface area (Å²) in [6.45, 7) is 0. The summed E-state index contributed by atoms with van der Waals surface area (Å²) >= 11 is 0. The molecule has 16 heavy (non-hydrogen) atoms. The molecule has 1 aromatic heterocycles. The number of ketones is 1. The van der Waals surface area contributed by atoms with Crippen molar-refractivity contribution in [1.29, 1.82) is 0 Å². The molecule has 0 amide bonds. The summed E-state index contributed by atoms with van der Waals surface area (Å²) in [6.07, 6.45) is 6.84. The molecule has 1 fully saturated rings. The van der Waals surface area contributed by atoms with Crippen LogP contribution in [0.4, 0.5) is 0 Å². The van der Waals surface area contributed by atoms with Crippen LogP contribution in [0.3, 0.4) is 0 Å². The lowest BCUT2D eigenvalue weighted by molar-refractivity contribution is -0.119. The van der Waals surface area contributed by atoms with Gasteiger partial charge >= 0.3 is 0 Å². The van der Waals surface area contributed by atoms with E-state index < -0.39 is 0 Å². The highest BCUT2D eigenvalue weighted by Gasteiger charge is 2.31. The van der Waals surface area contributed by atoms with E-state index in [0.717, 1.165) is 31.4 Å². The summed E-state index contributed by atoms with van der Waals surface area (Å²) in [5.41, 5.74) is 6.64. The number of hydrogen-bond acceptors (Lipinski definition) is 4. The molecule has 1 aromatic rings. The van der Waals surface area contributed by atoms with Gasteiger partial charge < -0.3 is 5.73 Å². The quantitative estimate of drug-likeness (QED) is 0.809. The van der Waals surface area contributed by atoms with Crippen molar-refractivity contribution in [1.82, 2.24) is 15.0 Å². The van der Waals surface area contributed by atoms with Gasteiger partial charge in [0.05, 0.1) is 12.1 Å². The Balaban J connectivity index is 1.89. The van der Waals surface area contributed by atoms with E-state index in [1.165, 1.54) is 0 Å². The molecular formula is C11H18N4O. The molecule has 1 aliphatic carbocycles. The fourth-order valence-corrected chi connectivity index (χ4v) is 2.39. The molecular weight excluding hydrogens is 204 g/mol. The molecule has 0 unspecified atom stereocenters. The fourth-order valence-electron chi connectivity index (χ4n) is 2.39. The second kappa shape index (κ2) is 4.33. The number of nitrogens with zero attached hydrogens (tertiary/aromatic N) is 3. The van der Waals surface area contributed by atoms with Crippen molar-refractivity contribution in [3.63, 3.8) is 0 Å². The van der Waals surface area contributed by atoms with Gasteiger partial charge in [0, 0.05) is 25.2 Å². The summed E-state index contributed by atoms with van der Waals surface area (Å²) in [6, 6.07) is 0. The predicted octanol–water partition coefficient (Wildman–Crippen LogP) is 0.588. The molecule has 1 heterocycles. The molecule has 0 spiro atoms. The Morgan fingerprint density at radius 2 is 2.25 bits per heavy atom. The Morgan fingerprint density at radius 1 is 1.56 bits per heavy atom. The van der Waals surface area contributed by atoms with Gasteiger partial charge in [0.1, 0.15) is 5.78 Å². The van der Waals surface area contributed by atoms with Crippen LogP contribution in [0, 0.1) is 0 Å². The number of aryl methyl sites for hydroxylation is 1.